The van der Waals surface area contributed by atoms with E-state index in [-0.39, 0.29) is 5.91 Å². The van der Waals surface area contributed by atoms with E-state index < -0.39 is 0 Å². The lowest BCUT2D eigenvalue weighted by atomic mass is 10.3. The van der Waals surface area contributed by atoms with Crippen LogP contribution >= 0.6 is 34.8 Å². The molecule has 3 rings (SSSR count). The quantitative estimate of drug-likeness (QED) is 0.620. The Kier molecular flexibility index (Phi) is 5.38. The van der Waals surface area contributed by atoms with E-state index in [1.54, 1.807) is 42.5 Å². The van der Waals surface area contributed by atoms with E-state index in [4.69, 9.17) is 34.8 Å². The minimum atomic E-state index is -0.361. The minimum Gasteiger partial charge on any atom is -0.323 e. The van der Waals surface area contributed by atoms with Crippen molar-refractivity contribution >= 4 is 58.0 Å². The van der Waals surface area contributed by atoms with Crippen LogP contribution in [0.5, 0.6) is 0 Å². The maximum absolute atomic E-state index is 12.2. The molecule has 1 heterocycles. The summed E-state index contributed by atoms with van der Waals surface area (Å²) in [5.41, 5.74) is 1.38. The Bertz CT molecular complexity index is 916. The molecule has 8 heteroatoms. The van der Waals surface area contributed by atoms with Crippen molar-refractivity contribution in [2.45, 2.75) is 0 Å². The molecule has 0 atom stereocenters. The molecule has 0 aliphatic rings. The third-order valence-corrected chi connectivity index (χ3v) is 4.11. The average molecular weight is 394 g/mol. The number of nitrogens with zero attached hydrogens (tertiary/aromatic N) is 2. The van der Waals surface area contributed by atoms with Gasteiger partial charge >= 0.3 is 0 Å². The van der Waals surface area contributed by atoms with Crippen LogP contribution in [0.1, 0.15) is 10.4 Å². The normalized spacial score (nSPS) is 10.4. The second-order valence-electron chi connectivity index (χ2n) is 4.98. The minimum absolute atomic E-state index is 0.290. The van der Waals surface area contributed by atoms with Gasteiger partial charge in [-0.3, -0.25) is 4.79 Å². The number of carbonyl (C=O) groups excluding carboxylic acids is 1. The molecular weight excluding hydrogens is 383 g/mol. The largest absolute Gasteiger partial charge is 0.323 e. The maximum atomic E-state index is 12.2. The van der Waals surface area contributed by atoms with Gasteiger partial charge in [0.15, 0.2) is 0 Å². The molecule has 0 saturated heterocycles. The first-order chi connectivity index (χ1) is 12.0. The molecule has 2 N–H and O–H groups in total. The number of amides is 1. The predicted octanol–water partition coefficient (Wildman–Crippen LogP) is 5.43. The summed E-state index contributed by atoms with van der Waals surface area (Å²) in [5.74, 6) is -0.0705. The van der Waals surface area contributed by atoms with Gasteiger partial charge in [0.05, 0.1) is 27.0 Å². The van der Waals surface area contributed by atoms with Crippen LogP contribution in [0.3, 0.4) is 0 Å². The van der Waals surface area contributed by atoms with Crippen LogP contribution in [-0.4, -0.2) is 15.9 Å². The molecule has 0 saturated carbocycles. The van der Waals surface area contributed by atoms with Crippen LogP contribution < -0.4 is 10.6 Å². The lowest BCUT2D eigenvalue weighted by Gasteiger charge is -2.09. The highest BCUT2D eigenvalue weighted by Gasteiger charge is 2.10. The number of aromatic nitrogens is 2. The number of halogens is 3. The van der Waals surface area contributed by atoms with Crippen LogP contribution in [-0.2, 0) is 0 Å². The standard InChI is InChI=1S/C17H11Cl3N4O/c18-11-5-6-13(20)15(7-11)24-17-21-8-10(9-22-17)16(25)23-14-4-2-1-3-12(14)19/h1-9H,(H,23,25)(H,21,22,24). The molecule has 5 nitrogen and oxygen atoms in total. The van der Waals surface area contributed by atoms with Crippen molar-refractivity contribution in [1.82, 2.24) is 9.97 Å². The van der Waals surface area contributed by atoms with E-state index >= 15 is 0 Å². The molecule has 126 valence electrons. The number of carbonyl (C=O) groups is 1. The van der Waals surface area contributed by atoms with Crippen molar-refractivity contribution in [3.8, 4) is 0 Å². The number of nitrogens with one attached hydrogen (secondary N) is 2. The summed E-state index contributed by atoms with van der Waals surface area (Å²) in [5, 5.41) is 7.11. The number of anilines is 3. The Hall–Kier alpha value is -2.34. The highest BCUT2D eigenvalue weighted by molar-refractivity contribution is 6.35. The third-order valence-electron chi connectivity index (χ3n) is 3.21. The molecule has 0 fully saturated rings. The topological polar surface area (TPSA) is 66.9 Å². The molecule has 2 aromatic carbocycles. The first-order valence-corrected chi connectivity index (χ1v) is 8.26. The number of hydrogen-bond acceptors (Lipinski definition) is 4. The van der Waals surface area contributed by atoms with Gasteiger partial charge in [0.1, 0.15) is 0 Å². The highest BCUT2D eigenvalue weighted by atomic mass is 35.5. The lowest BCUT2D eigenvalue weighted by molar-refractivity contribution is 0.102. The Morgan fingerprint density at radius 2 is 1.56 bits per heavy atom. The van der Waals surface area contributed by atoms with Crippen LogP contribution in [0, 0.1) is 0 Å². The summed E-state index contributed by atoms with van der Waals surface area (Å²) in [7, 11) is 0. The average Bonchev–Trinajstić information content (AvgIpc) is 2.61. The van der Waals surface area contributed by atoms with E-state index in [1.807, 2.05) is 0 Å². The molecule has 1 amide bonds. The number of rotatable bonds is 4. The van der Waals surface area contributed by atoms with Gasteiger partial charge < -0.3 is 10.6 Å². The molecule has 3 aromatic rings. The fourth-order valence-corrected chi connectivity index (χ4v) is 2.50. The first kappa shape index (κ1) is 17.5. The van der Waals surface area contributed by atoms with Gasteiger partial charge in [-0.1, -0.05) is 46.9 Å². The molecule has 0 aliphatic carbocycles. The van der Waals surface area contributed by atoms with Crippen molar-refractivity contribution in [2.24, 2.45) is 0 Å². The van der Waals surface area contributed by atoms with Gasteiger partial charge in [-0.2, -0.15) is 0 Å². The monoisotopic (exact) mass is 392 g/mol. The van der Waals surface area contributed by atoms with E-state index in [9.17, 15) is 4.79 Å². The molecular formula is C17H11Cl3N4O. The summed E-state index contributed by atoms with van der Waals surface area (Å²) in [4.78, 5) is 20.5. The number of para-hydroxylation sites is 1. The summed E-state index contributed by atoms with van der Waals surface area (Å²) in [6.45, 7) is 0. The highest BCUT2D eigenvalue weighted by Crippen LogP contribution is 2.27. The molecule has 0 bridgehead atoms. The van der Waals surface area contributed by atoms with Gasteiger partial charge in [-0.05, 0) is 30.3 Å². The zero-order valence-electron chi connectivity index (χ0n) is 12.6. The smallest absolute Gasteiger partial charge is 0.258 e. The Morgan fingerprint density at radius 1 is 0.880 bits per heavy atom. The number of benzene rings is 2. The third kappa shape index (κ3) is 4.39. The van der Waals surface area contributed by atoms with Gasteiger partial charge in [0.25, 0.3) is 5.91 Å². The Labute approximate surface area is 159 Å². The van der Waals surface area contributed by atoms with Crippen LogP contribution in [0.4, 0.5) is 17.3 Å². The van der Waals surface area contributed by atoms with Gasteiger partial charge in [0.2, 0.25) is 5.95 Å². The summed E-state index contributed by atoms with van der Waals surface area (Å²) in [6, 6.07) is 12.0. The van der Waals surface area contributed by atoms with Gasteiger partial charge in [0, 0.05) is 17.4 Å². The molecule has 0 radical (unpaired) electrons. The van der Waals surface area contributed by atoms with Crippen molar-refractivity contribution < 1.29 is 4.79 Å². The molecule has 0 aliphatic heterocycles. The van der Waals surface area contributed by atoms with Crippen molar-refractivity contribution in [3.05, 3.63) is 75.5 Å². The fraction of sp³-hybridized carbons (Fsp3) is 0. The van der Waals surface area contributed by atoms with Crippen LogP contribution in [0.25, 0.3) is 0 Å². The summed E-state index contributed by atoms with van der Waals surface area (Å²) >= 11 is 18.0. The first-order valence-electron chi connectivity index (χ1n) is 7.13. The van der Waals surface area contributed by atoms with E-state index in [0.717, 1.165) is 0 Å². The van der Waals surface area contributed by atoms with Crippen LogP contribution in [0.15, 0.2) is 54.9 Å². The van der Waals surface area contributed by atoms with E-state index in [0.29, 0.717) is 38.0 Å². The van der Waals surface area contributed by atoms with E-state index in [2.05, 4.69) is 20.6 Å². The molecule has 1 aromatic heterocycles. The Morgan fingerprint density at radius 3 is 2.28 bits per heavy atom. The number of hydrogen-bond donors (Lipinski definition) is 2. The second-order valence-corrected chi connectivity index (χ2v) is 6.23. The van der Waals surface area contributed by atoms with Gasteiger partial charge in [-0.25, -0.2) is 9.97 Å². The molecule has 0 unspecified atom stereocenters. The van der Waals surface area contributed by atoms with E-state index in [1.165, 1.54) is 12.4 Å². The fourth-order valence-electron chi connectivity index (χ4n) is 1.98. The maximum Gasteiger partial charge on any atom is 0.258 e. The second kappa shape index (κ2) is 7.70. The summed E-state index contributed by atoms with van der Waals surface area (Å²) in [6.07, 6.45) is 2.81. The van der Waals surface area contributed by atoms with Crippen molar-refractivity contribution in [2.75, 3.05) is 10.6 Å². The zero-order valence-corrected chi connectivity index (χ0v) is 14.9. The molecule has 25 heavy (non-hydrogen) atoms. The Balaban J connectivity index is 1.72. The van der Waals surface area contributed by atoms with Gasteiger partial charge in [-0.15, -0.1) is 0 Å². The molecule has 0 spiro atoms. The van der Waals surface area contributed by atoms with Crippen molar-refractivity contribution in [1.29, 1.82) is 0 Å². The van der Waals surface area contributed by atoms with Crippen LogP contribution in [0.2, 0.25) is 15.1 Å². The predicted molar refractivity (Wildman–Crippen MR) is 101 cm³/mol. The zero-order chi connectivity index (χ0) is 17.8. The summed E-state index contributed by atoms with van der Waals surface area (Å²) < 4.78 is 0. The lowest BCUT2D eigenvalue weighted by Crippen LogP contribution is -2.13. The SMILES string of the molecule is O=C(Nc1ccccc1Cl)c1cnc(Nc2cc(Cl)ccc2Cl)nc1. The van der Waals surface area contributed by atoms with Crippen molar-refractivity contribution in [3.63, 3.8) is 0 Å².